The number of para-hydroxylation sites is 1. The molecule has 150 valence electrons. The average molecular weight is 393 g/mol. The molecule has 6 heteroatoms. The Labute approximate surface area is 170 Å². The van der Waals surface area contributed by atoms with Gasteiger partial charge in [-0.15, -0.1) is 0 Å². The minimum absolute atomic E-state index is 0.217. The molecule has 29 heavy (non-hydrogen) atoms. The van der Waals surface area contributed by atoms with Crippen LogP contribution in [0, 0.1) is 0 Å². The molecule has 2 aromatic carbocycles. The highest BCUT2D eigenvalue weighted by Gasteiger charge is 2.38. The number of carbonyl (C=O) groups is 2. The Morgan fingerprint density at radius 1 is 1.07 bits per heavy atom. The van der Waals surface area contributed by atoms with Gasteiger partial charge in [0, 0.05) is 23.0 Å². The molecular formula is C23H23NO5. The van der Waals surface area contributed by atoms with E-state index in [0.29, 0.717) is 28.4 Å². The van der Waals surface area contributed by atoms with Gasteiger partial charge < -0.3 is 14.2 Å². The highest BCUT2D eigenvalue weighted by atomic mass is 16.5. The number of amides is 1. The molecular weight excluding hydrogens is 370 g/mol. The fourth-order valence-electron chi connectivity index (χ4n) is 3.26. The lowest BCUT2D eigenvalue weighted by Gasteiger charge is -2.17. The molecule has 0 saturated carbocycles. The van der Waals surface area contributed by atoms with E-state index in [1.165, 1.54) is 12.0 Å². The van der Waals surface area contributed by atoms with E-state index in [2.05, 4.69) is 0 Å². The van der Waals surface area contributed by atoms with E-state index in [0.717, 1.165) is 0 Å². The summed E-state index contributed by atoms with van der Waals surface area (Å²) in [6, 6.07) is 14.5. The van der Waals surface area contributed by atoms with Crippen LogP contribution in [0.15, 0.2) is 65.4 Å². The van der Waals surface area contributed by atoms with E-state index in [9.17, 15) is 9.59 Å². The number of ether oxygens (including phenoxy) is 3. The van der Waals surface area contributed by atoms with Gasteiger partial charge in [0.15, 0.2) is 0 Å². The summed E-state index contributed by atoms with van der Waals surface area (Å²) in [4.78, 5) is 27.5. The number of anilines is 1. The van der Waals surface area contributed by atoms with Crippen LogP contribution >= 0.6 is 0 Å². The minimum atomic E-state index is -0.532. The van der Waals surface area contributed by atoms with Gasteiger partial charge in [-0.25, -0.2) is 4.79 Å². The predicted octanol–water partition coefficient (Wildman–Crippen LogP) is 3.97. The maximum absolute atomic E-state index is 13.3. The van der Waals surface area contributed by atoms with Crippen molar-refractivity contribution in [3.05, 3.63) is 70.9 Å². The zero-order chi connectivity index (χ0) is 21.0. The zero-order valence-corrected chi connectivity index (χ0v) is 16.9. The van der Waals surface area contributed by atoms with Crippen LogP contribution in [0.3, 0.4) is 0 Å². The molecule has 3 rings (SSSR count). The van der Waals surface area contributed by atoms with E-state index < -0.39 is 5.97 Å². The first-order chi connectivity index (χ1) is 14.0. The van der Waals surface area contributed by atoms with Crippen molar-refractivity contribution >= 4 is 23.6 Å². The SMILES string of the molecule is CCOC(=O)C1=C(C)N(c2ccccc2)C(=O)/C1=C\c1ccc(OC)cc1OC. The van der Waals surface area contributed by atoms with Crippen molar-refractivity contribution in [1.82, 2.24) is 0 Å². The number of allylic oxidation sites excluding steroid dienone is 1. The van der Waals surface area contributed by atoms with Crippen molar-refractivity contribution in [2.24, 2.45) is 0 Å². The van der Waals surface area contributed by atoms with Gasteiger partial charge in [0.05, 0.1) is 32.0 Å². The minimum Gasteiger partial charge on any atom is -0.497 e. The molecule has 0 atom stereocenters. The first-order valence-electron chi connectivity index (χ1n) is 9.23. The highest BCUT2D eigenvalue weighted by molar-refractivity contribution is 6.23. The van der Waals surface area contributed by atoms with Crippen LogP contribution in [0.1, 0.15) is 19.4 Å². The van der Waals surface area contributed by atoms with Crippen molar-refractivity contribution in [2.75, 3.05) is 25.7 Å². The van der Waals surface area contributed by atoms with Gasteiger partial charge in [-0.05, 0) is 44.2 Å². The summed E-state index contributed by atoms with van der Waals surface area (Å²) in [5, 5.41) is 0. The molecule has 1 heterocycles. The Balaban J connectivity index is 2.15. The number of methoxy groups -OCH3 is 2. The second kappa shape index (κ2) is 8.65. The monoisotopic (exact) mass is 393 g/mol. The third-order valence-corrected chi connectivity index (χ3v) is 4.63. The van der Waals surface area contributed by atoms with Gasteiger partial charge in [-0.2, -0.15) is 0 Å². The van der Waals surface area contributed by atoms with E-state index in [4.69, 9.17) is 14.2 Å². The van der Waals surface area contributed by atoms with Crippen LogP contribution in [0.5, 0.6) is 11.5 Å². The van der Waals surface area contributed by atoms with Crippen molar-refractivity contribution in [2.45, 2.75) is 13.8 Å². The molecule has 1 aliphatic heterocycles. The lowest BCUT2D eigenvalue weighted by Crippen LogP contribution is -2.24. The molecule has 0 aliphatic carbocycles. The van der Waals surface area contributed by atoms with Gasteiger partial charge in [-0.1, -0.05) is 18.2 Å². The summed E-state index contributed by atoms with van der Waals surface area (Å²) >= 11 is 0. The molecule has 0 fully saturated rings. The summed E-state index contributed by atoms with van der Waals surface area (Å²) < 4.78 is 15.9. The van der Waals surface area contributed by atoms with E-state index in [-0.39, 0.29) is 23.7 Å². The zero-order valence-electron chi connectivity index (χ0n) is 16.9. The van der Waals surface area contributed by atoms with Crippen LogP contribution in [0.2, 0.25) is 0 Å². The summed E-state index contributed by atoms with van der Waals surface area (Å²) in [6.07, 6.45) is 1.65. The predicted molar refractivity (Wildman–Crippen MR) is 111 cm³/mol. The van der Waals surface area contributed by atoms with Crippen LogP contribution in [0.4, 0.5) is 5.69 Å². The van der Waals surface area contributed by atoms with Gasteiger partial charge in [0.25, 0.3) is 5.91 Å². The van der Waals surface area contributed by atoms with Crippen molar-refractivity contribution in [3.63, 3.8) is 0 Å². The second-order valence-corrected chi connectivity index (χ2v) is 6.32. The van der Waals surface area contributed by atoms with Crippen LogP contribution in [-0.4, -0.2) is 32.7 Å². The maximum atomic E-state index is 13.3. The molecule has 6 nitrogen and oxygen atoms in total. The largest absolute Gasteiger partial charge is 0.497 e. The highest BCUT2D eigenvalue weighted by Crippen LogP contribution is 2.37. The second-order valence-electron chi connectivity index (χ2n) is 6.32. The number of hydrogen-bond donors (Lipinski definition) is 0. The number of carbonyl (C=O) groups excluding carboxylic acids is 2. The Bertz CT molecular complexity index is 992. The van der Waals surface area contributed by atoms with E-state index in [1.54, 1.807) is 45.2 Å². The summed E-state index contributed by atoms with van der Waals surface area (Å²) in [5.74, 6) is 0.332. The fourth-order valence-corrected chi connectivity index (χ4v) is 3.26. The number of rotatable bonds is 6. The molecule has 0 radical (unpaired) electrons. The molecule has 1 amide bonds. The van der Waals surface area contributed by atoms with Gasteiger partial charge >= 0.3 is 5.97 Å². The smallest absolute Gasteiger partial charge is 0.340 e. The van der Waals surface area contributed by atoms with Gasteiger partial charge in [0.2, 0.25) is 0 Å². The van der Waals surface area contributed by atoms with E-state index in [1.807, 2.05) is 30.3 Å². The molecule has 0 aromatic heterocycles. The number of nitrogens with zero attached hydrogens (tertiary/aromatic N) is 1. The molecule has 2 aromatic rings. The Morgan fingerprint density at radius 2 is 1.79 bits per heavy atom. The van der Waals surface area contributed by atoms with Crippen molar-refractivity contribution in [3.8, 4) is 11.5 Å². The Kier molecular flexibility index (Phi) is 6.02. The van der Waals surface area contributed by atoms with Crippen LogP contribution in [0.25, 0.3) is 6.08 Å². The molecule has 0 unspecified atom stereocenters. The molecule has 0 N–H and O–H groups in total. The summed E-state index contributed by atoms with van der Waals surface area (Å²) in [5.41, 5.74) is 2.37. The van der Waals surface area contributed by atoms with Gasteiger partial charge in [0.1, 0.15) is 11.5 Å². The normalized spacial score (nSPS) is 15.1. The van der Waals surface area contributed by atoms with Crippen molar-refractivity contribution in [1.29, 1.82) is 0 Å². The lowest BCUT2D eigenvalue weighted by molar-refractivity contribution is -0.138. The molecule has 1 aliphatic rings. The first kappa shape index (κ1) is 20.2. The molecule has 0 spiro atoms. The maximum Gasteiger partial charge on any atom is 0.340 e. The quantitative estimate of drug-likeness (QED) is 0.549. The third kappa shape index (κ3) is 3.87. The summed E-state index contributed by atoms with van der Waals surface area (Å²) in [7, 11) is 3.10. The van der Waals surface area contributed by atoms with E-state index >= 15 is 0 Å². The molecule has 0 saturated heterocycles. The molecule has 0 bridgehead atoms. The van der Waals surface area contributed by atoms with Crippen molar-refractivity contribution < 1.29 is 23.8 Å². The Morgan fingerprint density at radius 3 is 2.41 bits per heavy atom. The lowest BCUT2D eigenvalue weighted by atomic mass is 10.0. The average Bonchev–Trinajstić information content (AvgIpc) is 2.98. The topological polar surface area (TPSA) is 65.1 Å². The Hall–Kier alpha value is -3.54. The van der Waals surface area contributed by atoms with Crippen LogP contribution in [-0.2, 0) is 14.3 Å². The number of esters is 1. The third-order valence-electron chi connectivity index (χ3n) is 4.63. The van der Waals surface area contributed by atoms with Crippen LogP contribution < -0.4 is 14.4 Å². The fraction of sp³-hybridized carbons (Fsp3) is 0.217. The number of benzene rings is 2. The number of hydrogen-bond acceptors (Lipinski definition) is 5. The van der Waals surface area contributed by atoms with Gasteiger partial charge in [-0.3, -0.25) is 9.69 Å². The first-order valence-corrected chi connectivity index (χ1v) is 9.23. The summed E-state index contributed by atoms with van der Waals surface area (Å²) in [6.45, 7) is 3.69. The standard InChI is InChI=1S/C23H23NO5/c1-5-29-23(26)21-15(2)24(17-9-7-6-8-10-17)22(25)19(21)13-16-11-12-18(27-3)14-20(16)28-4/h6-14H,5H2,1-4H3/b19-13-.